The Hall–Kier alpha value is -2.25. The van der Waals surface area contributed by atoms with Crippen LogP contribution in [-0.4, -0.2) is 51.3 Å². The predicted molar refractivity (Wildman–Crippen MR) is 96.4 cm³/mol. The number of hydrogen-bond acceptors (Lipinski definition) is 6. The number of hydrogen-bond donors (Lipinski definition) is 2. The van der Waals surface area contributed by atoms with E-state index in [1.165, 1.54) is 0 Å². The minimum Gasteiger partial charge on any atom is -0.390 e. The van der Waals surface area contributed by atoms with E-state index in [0.29, 0.717) is 25.9 Å². The van der Waals surface area contributed by atoms with Crippen molar-refractivity contribution < 1.29 is 14.4 Å². The molecule has 0 saturated carbocycles. The second-order valence-electron chi connectivity index (χ2n) is 6.93. The van der Waals surface area contributed by atoms with Crippen LogP contribution in [0.3, 0.4) is 0 Å². The van der Waals surface area contributed by atoms with E-state index >= 15 is 0 Å². The molecule has 2 atom stereocenters. The number of nitrogens with one attached hydrogen (secondary N) is 1. The van der Waals surface area contributed by atoms with Crippen LogP contribution in [0.1, 0.15) is 35.4 Å². The van der Waals surface area contributed by atoms with E-state index in [1.54, 1.807) is 12.4 Å². The molecule has 0 aromatic carbocycles. The van der Waals surface area contributed by atoms with Crippen molar-refractivity contribution in [3.05, 3.63) is 47.1 Å². The lowest BCUT2D eigenvalue weighted by molar-refractivity contribution is -0.123. The Balaban J connectivity index is 1.45. The zero-order valence-corrected chi connectivity index (χ0v) is 15.3. The third-order valence-electron chi connectivity index (χ3n) is 4.94. The molecule has 3 rings (SSSR count). The predicted octanol–water partition coefficient (Wildman–Crippen LogP) is 1.37. The van der Waals surface area contributed by atoms with E-state index in [1.807, 2.05) is 26.0 Å². The van der Waals surface area contributed by atoms with Crippen LogP contribution in [0.5, 0.6) is 0 Å². The lowest BCUT2D eigenvalue weighted by Crippen LogP contribution is -2.53. The van der Waals surface area contributed by atoms with Gasteiger partial charge in [0.05, 0.1) is 17.8 Å². The van der Waals surface area contributed by atoms with Gasteiger partial charge < -0.3 is 14.9 Å². The number of aryl methyl sites for hydroxylation is 3. The lowest BCUT2D eigenvalue weighted by Gasteiger charge is -2.36. The number of nitrogens with zero attached hydrogens (tertiary/aromatic N) is 3. The summed E-state index contributed by atoms with van der Waals surface area (Å²) >= 11 is 0. The zero-order chi connectivity index (χ0) is 18.5. The average molecular weight is 358 g/mol. The maximum Gasteiger partial charge on any atom is 0.220 e. The maximum atomic E-state index is 12.2. The van der Waals surface area contributed by atoms with Gasteiger partial charge in [0.25, 0.3) is 0 Å². The molecule has 1 fully saturated rings. The molecule has 0 spiro atoms. The third kappa shape index (κ3) is 4.68. The SMILES string of the molecule is Cc1noc(C)c1CN1CCC(NC(=O)CCc2cccnc2)C(O)C1. The van der Waals surface area contributed by atoms with E-state index in [2.05, 4.69) is 20.4 Å². The van der Waals surface area contributed by atoms with Crippen molar-refractivity contribution in [3.8, 4) is 0 Å². The van der Waals surface area contributed by atoms with Gasteiger partial charge in [-0.05, 0) is 38.3 Å². The molecule has 2 N–H and O–H groups in total. The highest BCUT2D eigenvalue weighted by atomic mass is 16.5. The number of aromatic nitrogens is 2. The van der Waals surface area contributed by atoms with Gasteiger partial charge in [-0.1, -0.05) is 11.2 Å². The van der Waals surface area contributed by atoms with Crippen molar-refractivity contribution in [1.29, 1.82) is 0 Å². The number of rotatable bonds is 6. The van der Waals surface area contributed by atoms with Gasteiger partial charge in [0.2, 0.25) is 5.91 Å². The van der Waals surface area contributed by atoms with E-state index in [0.717, 1.165) is 35.5 Å². The molecule has 1 amide bonds. The van der Waals surface area contributed by atoms with Crippen LogP contribution in [0.4, 0.5) is 0 Å². The zero-order valence-electron chi connectivity index (χ0n) is 15.3. The van der Waals surface area contributed by atoms with Gasteiger partial charge in [-0.3, -0.25) is 14.7 Å². The molecule has 140 valence electrons. The summed E-state index contributed by atoms with van der Waals surface area (Å²) in [5.74, 6) is 0.792. The molecule has 0 bridgehead atoms. The molecule has 1 aliphatic rings. The molecule has 3 heterocycles. The number of carbonyl (C=O) groups excluding carboxylic acids is 1. The Bertz CT molecular complexity index is 712. The third-order valence-corrected chi connectivity index (χ3v) is 4.94. The van der Waals surface area contributed by atoms with E-state index < -0.39 is 6.10 Å². The van der Waals surface area contributed by atoms with Gasteiger partial charge in [0, 0.05) is 44.0 Å². The topological polar surface area (TPSA) is 91.5 Å². The second-order valence-corrected chi connectivity index (χ2v) is 6.93. The number of amides is 1. The molecule has 2 aromatic heterocycles. The average Bonchev–Trinajstić information content (AvgIpc) is 2.95. The molecule has 7 heteroatoms. The Morgan fingerprint density at radius 3 is 2.96 bits per heavy atom. The summed E-state index contributed by atoms with van der Waals surface area (Å²) in [6, 6.07) is 3.63. The van der Waals surface area contributed by atoms with Crippen molar-refractivity contribution in [2.75, 3.05) is 13.1 Å². The number of β-amino-alcohol motifs (C(OH)–C–C–N with tert-alkyl or cyclic N) is 1. The van der Waals surface area contributed by atoms with Crippen LogP contribution in [-0.2, 0) is 17.8 Å². The summed E-state index contributed by atoms with van der Waals surface area (Å²) in [7, 11) is 0. The highest BCUT2D eigenvalue weighted by Crippen LogP contribution is 2.19. The van der Waals surface area contributed by atoms with Crippen molar-refractivity contribution in [2.45, 2.75) is 51.8 Å². The van der Waals surface area contributed by atoms with Crippen molar-refractivity contribution >= 4 is 5.91 Å². The van der Waals surface area contributed by atoms with Crippen LogP contribution in [0.25, 0.3) is 0 Å². The minimum absolute atomic E-state index is 0.0305. The number of aliphatic hydroxyl groups excluding tert-OH is 1. The van der Waals surface area contributed by atoms with Crippen LogP contribution in [0.15, 0.2) is 29.0 Å². The number of likely N-dealkylation sites (tertiary alicyclic amines) is 1. The second kappa shape index (κ2) is 8.42. The monoisotopic (exact) mass is 358 g/mol. The van der Waals surface area contributed by atoms with Crippen LogP contribution in [0, 0.1) is 13.8 Å². The summed E-state index contributed by atoms with van der Waals surface area (Å²) in [5, 5.41) is 17.4. The molecular weight excluding hydrogens is 332 g/mol. The number of aliphatic hydroxyl groups is 1. The molecule has 2 aromatic rings. The Morgan fingerprint density at radius 2 is 2.31 bits per heavy atom. The first-order valence-corrected chi connectivity index (χ1v) is 9.03. The fourth-order valence-corrected chi connectivity index (χ4v) is 3.34. The highest BCUT2D eigenvalue weighted by molar-refractivity contribution is 5.76. The summed E-state index contributed by atoms with van der Waals surface area (Å²) in [6.45, 7) is 5.88. The highest BCUT2D eigenvalue weighted by Gasteiger charge is 2.29. The molecule has 26 heavy (non-hydrogen) atoms. The van der Waals surface area contributed by atoms with Crippen molar-refractivity contribution in [2.24, 2.45) is 0 Å². The first-order chi connectivity index (χ1) is 12.5. The first-order valence-electron chi connectivity index (χ1n) is 9.03. The number of piperidine rings is 1. The normalized spacial score (nSPS) is 20.9. The number of pyridine rings is 1. The first kappa shape index (κ1) is 18.5. The molecule has 2 unspecified atom stereocenters. The Morgan fingerprint density at radius 1 is 1.46 bits per heavy atom. The van der Waals surface area contributed by atoms with Crippen molar-refractivity contribution in [1.82, 2.24) is 20.4 Å². The summed E-state index contributed by atoms with van der Waals surface area (Å²) in [5.41, 5.74) is 3.01. The smallest absolute Gasteiger partial charge is 0.220 e. The van der Waals surface area contributed by atoms with Gasteiger partial charge in [0.15, 0.2) is 0 Å². The van der Waals surface area contributed by atoms with Crippen LogP contribution < -0.4 is 5.32 Å². The lowest BCUT2D eigenvalue weighted by atomic mass is 10.0. The Kier molecular flexibility index (Phi) is 6.00. The van der Waals surface area contributed by atoms with Gasteiger partial charge in [-0.15, -0.1) is 0 Å². The fourth-order valence-electron chi connectivity index (χ4n) is 3.34. The molecule has 7 nitrogen and oxygen atoms in total. The fraction of sp³-hybridized carbons (Fsp3) is 0.526. The van der Waals surface area contributed by atoms with Gasteiger partial charge >= 0.3 is 0 Å². The summed E-state index contributed by atoms with van der Waals surface area (Å²) in [4.78, 5) is 18.4. The Labute approximate surface area is 153 Å². The number of carbonyl (C=O) groups is 1. The van der Waals surface area contributed by atoms with Gasteiger partial charge in [0.1, 0.15) is 5.76 Å². The molecule has 0 radical (unpaired) electrons. The molecule has 1 saturated heterocycles. The molecular formula is C19H26N4O3. The van der Waals surface area contributed by atoms with E-state index in [9.17, 15) is 9.90 Å². The molecule has 1 aliphatic heterocycles. The largest absolute Gasteiger partial charge is 0.390 e. The van der Waals surface area contributed by atoms with Gasteiger partial charge in [-0.2, -0.15) is 0 Å². The van der Waals surface area contributed by atoms with Crippen LogP contribution in [0.2, 0.25) is 0 Å². The standard InChI is InChI=1S/C19H26N4O3/c1-13-16(14(2)26-22-13)11-23-9-7-17(18(24)12-23)21-19(25)6-5-15-4-3-8-20-10-15/h3-4,8,10,17-18,24H,5-7,9,11-12H2,1-2H3,(H,21,25). The summed E-state index contributed by atoms with van der Waals surface area (Å²) < 4.78 is 5.20. The van der Waals surface area contributed by atoms with Gasteiger partial charge in [-0.25, -0.2) is 0 Å². The quantitative estimate of drug-likeness (QED) is 0.810. The maximum absolute atomic E-state index is 12.2. The minimum atomic E-state index is -0.577. The van der Waals surface area contributed by atoms with Crippen LogP contribution >= 0.6 is 0 Å². The van der Waals surface area contributed by atoms with E-state index in [-0.39, 0.29) is 11.9 Å². The summed E-state index contributed by atoms with van der Waals surface area (Å²) in [6.07, 6.45) is 4.69. The van der Waals surface area contributed by atoms with E-state index in [4.69, 9.17) is 4.52 Å². The molecule has 0 aliphatic carbocycles. The van der Waals surface area contributed by atoms with Crippen molar-refractivity contribution in [3.63, 3.8) is 0 Å².